The van der Waals surface area contributed by atoms with E-state index in [-0.39, 0.29) is 0 Å². The molecule has 0 N–H and O–H groups in total. The van der Waals surface area contributed by atoms with Crippen molar-refractivity contribution in [2.45, 2.75) is 0 Å². The molecule has 9 aromatic rings. The van der Waals surface area contributed by atoms with Crippen LogP contribution >= 0.6 is 0 Å². The van der Waals surface area contributed by atoms with Crippen molar-refractivity contribution in [3.63, 3.8) is 0 Å². The third-order valence-electron chi connectivity index (χ3n) is 10.0. The molecule has 0 unspecified atom stereocenters. The Bertz CT molecular complexity index is 2600. The van der Waals surface area contributed by atoms with Crippen molar-refractivity contribution in [3.8, 4) is 55.6 Å². The summed E-state index contributed by atoms with van der Waals surface area (Å²) in [6.45, 7) is 0. The minimum absolute atomic E-state index is 0.568. The maximum atomic E-state index is 4.53. The van der Waals surface area contributed by atoms with Crippen molar-refractivity contribution in [1.82, 2.24) is 15.0 Å². The number of nitrogens with zero attached hydrogens (tertiary/aromatic N) is 4. The first kappa shape index (κ1) is 29.0. The highest BCUT2D eigenvalue weighted by molar-refractivity contribution is 6.28. The van der Waals surface area contributed by atoms with Crippen molar-refractivity contribution >= 4 is 38.9 Å². The minimum atomic E-state index is 0.568. The highest BCUT2D eigenvalue weighted by Gasteiger charge is 2.31. The zero-order valence-electron chi connectivity index (χ0n) is 27.6. The molecule has 0 radical (unpaired) electrons. The number of rotatable bonds is 6. The van der Waals surface area contributed by atoms with Gasteiger partial charge in [0.1, 0.15) is 12.7 Å². The lowest BCUT2D eigenvalue weighted by Gasteiger charge is -2.23. The predicted octanol–water partition coefficient (Wildman–Crippen LogP) is 12.3. The molecule has 0 saturated heterocycles. The number of hydrogen-bond donors (Lipinski definition) is 0. The monoisotopic (exact) mass is 650 g/mol. The van der Waals surface area contributed by atoms with Gasteiger partial charge in [-0.1, -0.05) is 146 Å². The van der Waals surface area contributed by atoms with E-state index in [1.165, 1.54) is 71.6 Å². The first-order valence-corrected chi connectivity index (χ1v) is 17.2. The van der Waals surface area contributed by atoms with Crippen molar-refractivity contribution in [2.75, 3.05) is 4.90 Å². The Morgan fingerprint density at radius 3 is 1.49 bits per heavy atom. The smallest absolute Gasteiger partial charge is 0.237 e. The van der Waals surface area contributed by atoms with E-state index in [2.05, 4.69) is 172 Å². The zero-order chi connectivity index (χ0) is 33.7. The molecular weight excluding hydrogens is 621 g/mol. The van der Waals surface area contributed by atoms with E-state index in [4.69, 9.17) is 0 Å². The average Bonchev–Trinajstić information content (AvgIpc) is 3.53. The lowest BCUT2D eigenvalue weighted by Crippen LogP contribution is -2.13. The SMILES string of the molecule is c1ccc(-c2c3c(c(-c4ccccc4)c4ccccc24)-c2ccc(-c4cccc(N(c5ccccc5)c5ncncn5)c4)c4cccc-3c24)cc1. The number of anilines is 3. The first-order chi connectivity index (χ1) is 25.3. The lowest BCUT2D eigenvalue weighted by atomic mass is 9.82. The molecule has 0 fully saturated rings. The van der Waals surface area contributed by atoms with E-state index in [0.717, 1.165) is 16.9 Å². The second-order valence-electron chi connectivity index (χ2n) is 12.8. The normalized spacial score (nSPS) is 11.5. The van der Waals surface area contributed by atoms with Gasteiger partial charge < -0.3 is 0 Å². The molecule has 4 nitrogen and oxygen atoms in total. The summed E-state index contributed by atoms with van der Waals surface area (Å²) in [5.41, 5.74) is 14.4. The van der Waals surface area contributed by atoms with Gasteiger partial charge in [-0.15, -0.1) is 0 Å². The summed E-state index contributed by atoms with van der Waals surface area (Å²) < 4.78 is 0. The zero-order valence-corrected chi connectivity index (χ0v) is 27.6. The summed E-state index contributed by atoms with van der Waals surface area (Å²) in [5.74, 6) is 0.568. The number of hydrogen-bond acceptors (Lipinski definition) is 4. The molecule has 1 aliphatic carbocycles. The van der Waals surface area contributed by atoms with Crippen molar-refractivity contribution < 1.29 is 0 Å². The molecule has 8 aromatic carbocycles. The summed E-state index contributed by atoms with van der Waals surface area (Å²) >= 11 is 0. The van der Waals surface area contributed by atoms with Crippen molar-refractivity contribution in [2.24, 2.45) is 0 Å². The molecule has 1 aliphatic rings. The Morgan fingerprint density at radius 1 is 0.353 bits per heavy atom. The molecule has 51 heavy (non-hydrogen) atoms. The van der Waals surface area contributed by atoms with Gasteiger partial charge in [0, 0.05) is 11.4 Å². The largest absolute Gasteiger partial charge is 0.279 e. The maximum absolute atomic E-state index is 4.53. The van der Waals surface area contributed by atoms with Gasteiger partial charge in [-0.2, -0.15) is 0 Å². The van der Waals surface area contributed by atoms with E-state index >= 15 is 0 Å². The molecule has 0 atom stereocenters. The third kappa shape index (κ3) is 4.65. The molecule has 0 amide bonds. The van der Waals surface area contributed by atoms with Gasteiger partial charge in [0.05, 0.1) is 0 Å². The number of para-hydroxylation sites is 1. The van der Waals surface area contributed by atoms with Crippen LogP contribution in [0.1, 0.15) is 0 Å². The fourth-order valence-corrected chi connectivity index (χ4v) is 7.98. The highest BCUT2D eigenvalue weighted by Crippen LogP contribution is 2.58. The van der Waals surface area contributed by atoms with Gasteiger partial charge in [0.2, 0.25) is 5.95 Å². The molecular formula is C47H30N4. The predicted molar refractivity (Wildman–Crippen MR) is 210 cm³/mol. The standard InChI is InChI=1S/C47H30N4/c1-4-14-31(15-5-1)42-38-22-10-11-23-39(38)43(32-16-6-2-7-17-32)46-41-27-26-36(37-24-13-25-40(44(37)41)45(42)46)33-18-12-21-35(28-33)51(34-19-8-3-9-20-34)47-49-29-48-30-50-47/h1-30H. The number of aromatic nitrogens is 3. The molecule has 4 heteroatoms. The van der Waals surface area contributed by atoms with Gasteiger partial charge in [-0.25, -0.2) is 15.0 Å². The Balaban J connectivity index is 1.24. The van der Waals surface area contributed by atoms with Crippen LogP contribution in [0.3, 0.4) is 0 Å². The van der Waals surface area contributed by atoms with Crippen LogP contribution in [0, 0.1) is 0 Å². The molecule has 0 bridgehead atoms. The van der Waals surface area contributed by atoms with Crippen LogP contribution in [0.15, 0.2) is 183 Å². The fraction of sp³-hybridized carbons (Fsp3) is 0. The van der Waals surface area contributed by atoms with Gasteiger partial charge in [-0.3, -0.25) is 4.90 Å². The summed E-state index contributed by atoms with van der Waals surface area (Å²) in [6, 6.07) is 61.0. The molecule has 1 heterocycles. The molecule has 0 aliphatic heterocycles. The van der Waals surface area contributed by atoms with E-state index < -0.39 is 0 Å². The van der Waals surface area contributed by atoms with Crippen molar-refractivity contribution in [1.29, 1.82) is 0 Å². The summed E-state index contributed by atoms with van der Waals surface area (Å²) in [5, 5.41) is 5.04. The summed E-state index contributed by atoms with van der Waals surface area (Å²) in [4.78, 5) is 15.2. The third-order valence-corrected chi connectivity index (χ3v) is 10.0. The molecule has 238 valence electrons. The first-order valence-electron chi connectivity index (χ1n) is 17.2. The number of benzene rings is 8. The summed E-state index contributed by atoms with van der Waals surface area (Å²) in [7, 11) is 0. The van der Waals surface area contributed by atoms with Crippen LogP contribution in [-0.4, -0.2) is 15.0 Å². The Labute approximate surface area is 296 Å². The lowest BCUT2D eigenvalue weighted by molar-refractivity contribution is 1.01. The Morgan fingerprint density at radius 2 is 0.843 bits per heavy atom. The molecule has 1 aromatic heterocycles. The minimum Gasteiger partial charge on any atom is -0.279 e. The molecule has 0 saturated carbocycles. The van der Waals surface area contributed by atoms with Crippen LogP contribution in [0.25, 0.3) is 77.2 Å². The second-order valence-corrected chi connectivity index (χ2v) is 12.8. The Kier molecular flexibility index (Phi) is 6.78. The Hall–Kier alpha value is -6.91. The van der Waals surface area contributed by atoms with Gasteiger partial charge in [-0.05, 0) is 101 Å². The van der Waals surface area contributed by atoms with Crippen LogP contribution in [0.2, 0.25) is 0 Å². The molecule has 0 spiro atoms. The van der Waals surface area contributed by atoms with Crippen LogP contribution in [0.5, 0.6) is 0 Å². The summed E-state index contributed by atoms with van der Waals surface area (Å²) in [6.07, 6.45) is 3.08. The van der Waals surface area contributed by atoms with E-state index in [1.807, 2.05) is 18.2 Å². The van der Waals surface area contributed by atoms with Crippen LogP contribution < -0.4 is 4.90 Å². The fourth-order valence-electron chi connectivity index (χ4n) is 7.98. The average molecular weight is 651 g/mol. The van der Waals surface area contributed by atoms with Crippen LogP contribution in [0.4, 0.5) is 17.3 Å². The second kappa shape index (κ2) is 11.9. The van der Waals surface area contributed by atoms with Gasteiger partial charge >= 0.3 is 0 Å². The van der Waals surface area contributed by atoms with E-state index in [1.54, 1.807) is 12.7 Å². The van der Waals surface area contributed by atoms with Crippen LogP contribution in [-0.2, 0) is 0 Å². The van der Waals surface area contributed by atoms with Gasteiger partial charge in [0.15, 0.2) is 0 Å². The number of fused-ring (bicyclic) bond motifs is 4. The quantitative estimate of drug-likeness (QED) is 0.180. The van der Waals surface area contributed by atoms with E-state index in [0.29, 0.717) is 5.95 Å². The van der Waals surface area contributed by atoms with Gasteiger partial charge in [0.25, 0.3) is 0 Å². The van der Waals surface area contributed by atoms with Crippen molar-refractivity contribution in [3.05, 3.63) is 183 Å². The topological polar surface area (TPSA) is 41.9 Å². The molecule has 10 rings (SSSR count). The highest BCUT2D eigenvalue weighted by atomic mass is 15.3. The van der Waals surface area contributed by atoms with E-state index in [9.17, 15) is 0 Å². The maximum Gasteiger partial charge on any atom is 0.237 e.